The van der Waals surface area contributed by atoms with Gasteiger partial charge in [-0.25, -0.2) is 4.79 Å². The molecule has 0 saturated carbocycles. The number of hydrazine groups is 1. The normalized spacial score (nSPS) is 22.8. The number of amides is 5. The summed E-state index contributed by atoms with van der Waals surface area (Å²) in [5, 5.41) is 3.38. The highest BCUT2D eigenvalue weighted by Crippen LogP contribution is 2.30. The summed E-state index contributed by atoms with van der Waals surface area (Å²) >= 11 is 0. The quantitative estimate of drug-likeness (QED) is 0.740. The zero-order valence-electron chi connectivity index (χ0n) is 16.2. The molecule has 3 rings (SSSR count). The van der Waals surface area contributed by atoms with Crippen molar-refractivity contribution in [2.24, 2.45) is 5.92 Å². The van der Waals surface area contributed by atoms with E-state index in [2.05, 4.69) is 10.7 Å². The van der Waals surface area contributed by atoms with Crippen molar-refractivity contribution < 1.29 is 23.9 Å². The van der Waals surface area contributed by atoms with E-state index in [0.29, 0.717) is 37.2 Å². The summed E-state index contributed by atoms with van der Waals surface area (Å²) in [5.74, 6) is -0.802. The van der Waals surface area contributed by atoms with Gasteiger partial charge in [0.1, 0.15) is 11.3 Å². The number of piperidine rings is 1. The number of imide groups is 1. The number of nitrogens with zero attached hydrogens (tertiary/aromatic N) is 2. The van der Waals surface area contributed by atoms with E-state index in [1.165, 1.54) is 14.0 Å². The topological polar surface area (TPSA) is 108 Å². The fourth-order valence-corrected chi connectivity index (χ4v) is 3.53. The number of urea groups is 1. The van der Waals surface area contributed by atoms with Crippen LogP contribution in [0.5, 0.6) is 5.75 Å². The van der Waals surface area contributed by atoms with Gasteiger partial charge >= 0.3 is 6.03 Å². The molecule has 0 aliphatic carbocycles. The Morgan fingerprint density at radius 3 is 2.54 bits per heavy atom. The molecule has 1 aromatic carbocycles. The molecule has 2 N–H and O–H groups in total. The van der Waals surface area contributed by atoms with Crippen LogP contribution in [0.25, 0.3) is 0 Å². The van der Waals surface area contributed by atoms with Crippen LogP contribution in [0, 0.1) is 5.92 Å². The number of rotatable bonds is 4. The van der Waals surface area contributed by atoms with Gasteiger partial charge in [0.05, 0.1) is 7.11 Å². The van der Waals surface area contributed by atoms with Crippen molar-refractivity contribution in [3.63, 3.8) is 0 Å². The maximum absolute atomic E-state index is 12.9. The Balaban J connectivity index is 1.70. The standard InChI is InChI=1S/C19H24N4O5/c1-12(24)22-9-7-13(8-10-22)16(25)21-23-17(26)19(2,20-18(23)27)14-5-4-6-15(11-14)28-3/h4-6,11,13H,7-10H2,1-3H3,(H,20,27)(H,21,25). The predicted octanol–water partition coefficient (Wildman–Crippen LogP) is 0.752. The van der Waals surface area contributed by atoms with Gasteiger partial charge < -0.3 is 15.0 Å². The number of nitrogens with one attached hydrogen (secondary N) is 2. The third kappa shape index (κ3) is 3.51. The zero-order valence-corrected chi connectivity index (χ0v) is 16.2. The lowest BCUT2D eigenvalue weighted by molar-refractivity contribution is -0.142. The number of methoxy groups -OCH3 is 1. The fraction of sp³-hybridized carbons (Fsp3) is 0.474. The summed E-state index contributed by atoms with van der Waals surface area (Å²) in [6, 6.07) is 6.15. The molecule has 150 valence electrons. The van der Waals surface area contributed by atoms with Crippen molar-refractivity contribution in [3.05, 3.63) is 29.8 Å². The highest BCUT2D eigenvalue weighted by atomic mass is 16.5. The van der Waals surface area contributed by atoms with Gasteiger partial charge in [0, 0.05) is 25.9 Å². The molecule has 5 amide bonds. The molecule has 28 heavy (non-hydrogen) atoms. The van der Waals surface area contributed by atoms with E-state index in [0.717, 1.165) is 5.01 Å². The highest BCUT2D eigenvalue weighted by molar-refractivity contribution is 6.08. The number of hydrogen-bond acceptors (Lipinski definition) is 5. The Labute approximate surface area is 163 Å². The van der Waals surface area contributed by atoms with Crippen LogP contribution >= 0.6 is 0 Å². The summed E-state index contributed by atoms with van der Waals surface area (Å²) in [7, 11) is 1.51. The number of likely N-dealkylation sites (tertiary alicyclic amines) is 1. The van der Waals surface area contributed by atoms with Crippen LogP contribution in [-0.4, -0.2) is 53.9 Å². The van der Waals surface area contributed by atoms with Crippen LogP contribution in [0.15, 0.2) is 24.3 Å². The van der Waals surface area contributed by atoms with Gasteiger partial charge in [-0.1, -0.05) is 12.1 Å². The Bertz CT molecular complexity index is 818. The van der Waals surface area contributed by atoms with Crippen molar-refractivity contribution in [2.45, 2.75) is 32.2 Å². The van der Waals surface area contributed by atoms with E-state index in [9.17, 15) is 19.2 Å². The molecule has 2 aliphatic heterocycles. The predicted molar refractivity (Wildman–Crippen MR) is 98.8 cm³/mol. The van der Waals surface area contributed by atoms with E-state index in [1.54, 1.807) is 36.1 Å². The lowest BCUT2D eigenvalue weighted by atomic mass is 9.92. The molecule has 2 aliphatic rings. The van der Waals surface area contributed by atoms with Gasteiger partial charge in [0.2, 0.25) is 11.8 Å². The van der Waals surface area contributed by atoms with Crippen LogP contribution in [0.3, 0.4) is 0 Å². The third-order valence-electron chi connectivity index (χ3n) is 5.37. The van der Waals surface area contributed by atoms with Crippen LogP contribution in [0.2, 0.25) is 0 Å². The Morgan fingerprint density at radius 1 is 1.25 bits per heavy atom. The molecule has 9 heteroatoms. The summed E-state index contributed by atoms with van der Waals surface area (Å²) in [4.78, 5) is 51.0. The summed E-state index contributed by atoms with van der Waals surface area (Å²) in [6.45, 7) is 4.04. The first-order chi connectivity index (χ1) is 13.3. The molecule has 0 spiro atoms. The number of hydrogen-bond donors (Lipinski definition) is 2. The van der Waals surface area contributed by atoms with E-state index in [1.807, 2.05) is 0 Å². The Morgan fingerprint density at radius 2 is 1.93 bits per heavy atom. The molecule has 2 heterocycles. The summed E-state index contributed by atoms with van der Waals surface area (Å²) < 4.78 is 5.18. The maximum atomic E-state index is 12.9. The minimum atomic E-state index is -1.31. The van der Waals surface area contributed by atoms with E-state index < -0.39 is 23.4 Å². The summed E-state index contributed by atoms with van der Waals surface area (Å²) in [6.07, 6.45) is 0.977. The van der Waals surface area contributed by atoms with Gasteiger partial charge in [-0.05, 0) is 37.5 Å². The first kappa shape index (κ1) is 19.7. The van der Waals surface area contributed by atoms with Crippen molar-refractivity contribution in [2.75, 3.05) is 20.2 Å². The fourth-order valence-electron chi connectivity index (χ4n) is 3.53. The minimum absolute atomic E-state index is 0.0259. The minimum Gasteiger partial charge on any atom is -0.497 e. The third-order valence-corrected chi connectivity index (χ3v) is 5.37. The second-order valence-corrected chi connectivity index (χ2v) is 7.18. The Hall–Kier alpha value is -3.10. The number of ether oxygens (including phenoxy) is 1. The monoisotopic (exact) mass is 388 g/mol. The van der Waals surface area contributed by atoms with Gasteiger partial charge in [0.15, 0.2) is 0 Å². The second kappa shape index (κ2) is 7.49. The van der Waals surface area contributed by atoms with Gasteiger partial charge in [-0.3, -0.25) is 19.8 Å². The molecular weight excluding hydrogens is 364 g/mol. The first-order valence-electron chi connectivity index (χ1n) is 9.13. The SMILES string of the molecule is COc1cccc(C2(C)NC(=O)N(NC(=O)C3CCN(C(C)=O)CC3)C2=O)c1. The van der Waals surface area contributed by atoms with Crippen molar-refractivity contribution in [1.29, 1.82) is 0 Å². The molecule has 1 unspecified atom stereocenters. The van der Waals surface area contributed by atoms with E-state index >= 15 is 0 Å². The average molecular weight is 388 g/mol. The van der Waals surface area contributed by atoms with Crippen molar-refractivity contribution in [1.82, 2.24) is 20.7 Å². The Kier molecular flexibility index (Phi) is 5.26. The molecule has 0 bridgehead atoms. The number of carbonyl (C=O) groups excluding carboxylic acids is 4. The maximum Gasteiger partial charge on any atom is 0.344 e. The molecule has 1 atom stereocenters. The highest BCUT2D eigenvalue weighted by Gasteiger charge is 2.50. The van der Waals surface area contributed by atoms with Crippen LogP contribution in [-0.2, 0) is 19.9 Å². The lowest BCUT2D eigenvalue weighted by Gasteiger charge is -2.31. The second-order valence-electron chi connectivity index (χ2n) is 7.18. The van der Waals surface area contributed by atoms with Crippen molar-refractivity contribution >= 4 is 23.8 Å². The molecule has 2 fully saturated rings. The van der Waals surface area contributed by atoms with Crippen molar-refractivity contribution in [3.8, 4) is 5.75 Å². The molecular formula is C19H24N4O5. The van der Waals surface area contributed by atoms with Gasteiger partial charge in [-0.2, -0.15) is 5.01 Å². The smallest absolute Gasteiger partial charge is 0.344 e. The van der Waals surface area contributed by atoms with Gasteiger partial charge in [0.25, 0.3) is 5.91 Å². The van der Waals surface area contributed by atoms with E-state index in [4.69, 9.17) is 4.74 Å². The number of benzene rings is 1. The number of carbonyl (C=O) groups is 4. The molecule has 0 radical (unpaired) electrons. The zero-order chi connectivity index (χ0) is 20.5. The molecule has 9 nitrogen and oxygen atoms in total. The van der Waals surface area contributed by atoms with Crippen LogP contribution in [0.4, 0.5) is 4.79 Å². The average Bonchev–Trinajstić information content (AvgIpc) is 2.92. The van der Waals surface area contributed by atoms with Gasteiger partial charge in [-0.15, -0.1) is 0 Å². The van der Waals surface area contributed by atoms with E-state index in [-0.39, 0.29) is 11.8 Å². The molecule has 2 saturated heterocycles. The summed E-state index contributed by atoms with van der Waals surface area (Å²) in [5.41, 5.74) is 1.69. The first-order valence-corrected chi connectivity index (χ1v) is 9.13. The van der Waals surface area contributed by atoms with Crippen LogP contribution in [0.1, 0.15) is 32.3 Å². The largest absolute Gasteiger partial charge is 0.497 e. The molecule has 0 aromatic heterocycles. The molecule has 1 aromatic rings. The lowest BCUT2D eigenvalue weighted by Crippen LogP contribution is -2.51. The van der Waals surface area contributed by atoms with Crippen LogP contribution < -0.4 is 15.5 Å².